The van der Waals surface area contributed by atoms with Gasteiger partial charge in [-0.2, -0.15) is 5.26 Å². The third-order valence-corrected chi connectivity index (χ3v) is 8.32. The lowest BCUT2D eigenvalue weighted by atomic mass is 10.0. The second-order valence-electron chi connectivity index (χ2n) is 9.80. The van der Waals surface area contributed by atoms with Gasteiger partial charge in [-0.25, -0.2) is 26.4 Å². The van der Waals surface area contributed by atoms with Crippen LogP contribution in [-0.4, -0.2) is 56.3 Å². The molecule has 0 aromatic heterocycles. The first-order chi connectivity index (χ1) is 22.0. The molecule has 0 saturated carbocycles. The maximum absolute atomic E-state index is 13.1. The van der Waals surface area contributed by atoms with Crippen LogP contribution in [0, 0.1) is 11.3 Å². The van der Waals surface area contributed by atoms with E-state index in [0.29, 0.717) is 0 Å². The van der Waals surface area contributed by atoms with Crippen molar-refractivity contribution in [3.63, 3.8) is 0 Å². The van der Waals surface area contributed by atoms with Crippen LogP contribution in [0.1, 0.15) is 39.6 Å². The van der Waals surface area contributed by atoms with Crippen molar-refractivity contribution in [3.8, 4) is 11.8 Å². The number of rotatable bonds is 11. The molecular weight excluding hydrogens is 656 g/mol. The summed E-state index contributed by atoms with van der Waals surface area (Å²) in [6.07, 6.45) is 0.992. The number of benzene rings is 4. The predicted molar refractivity (Wildman–Crippen MR) is 170 cm³/mol. The fraction of sp³-hybridized carbons (Fsp3) is 0.103. The van der Waals surface area contributed by atoms with E-state index < -0.39 is 53.9 Å². The molecule has 0 bridgehead atoms. The first-order valence-electron chi connectivity index (χ1n) is 13.2. The number of nitriles is 1. The Labute approximate surface area is 267 Å². The molecule has 6 N–H and O–H groups in total. The summed E-state index contributed by atoms with van der Waals surface area (Å²) >= 11 is 0. The molecule has 4 rings (SSSR count). The van der Waals surface area contributed by atoms with Crippen LogP contribution in [0.2, 0.25) is 0 Å². The van der Waals surface area contributed by atoms with Gasteiger partial charge in [-0.3, -0.25) is 14.2 Å². The van der Waals surface area contributed by atoms with E-state index in [-0.39, 0.29) is 56.9 Å². The summed E-state index contributed by atoms with van der Waals surface area (Å²) in [5.41, 5.74) is -1.79. The average molecular weight is 681 g/mol. The fourth-order valence-corrected chi connectivity index (χ4v) is 5.90. The Morgan fingerprint density at radius 1 is 0.851 bits per heavy atom. The second kappa shape index (κ2) is 13.1. The predicted octanol–water partition coefficient (Wildman–Crippen LogP) is 4.75. The number of phenols is 1. The van der Waals surface area contributed by atoms with Gasteiger partial charge in [-0.1, -0.05) is 19.1 Å². The monoisotopic (exact) mass is 680 g/mol. The largest absolute Gasteiger partial charge is 0.505 e. The molecule has 4 aromatic carbocycles. The number of hydrogen-bond acceptors (Lipinski definition) is 11. The number of anilines is 3. The van der Waals surface area contributed by atoms with Gasteiger partial charge in [0.15, 0.2) is 0 Å². The Balaban J connectivity index is 1.79. The van der Waals surface area contributed by atoms with Crippen molar-refractivity contribution in [2.24, 2.45) is 10.2 Å². The summed E-state index contributed by atoms with van der Waals surface area (Å²) in [7, 11) is -8.29. The normalized spacial score (nSPS) is 11.6. The number of carbonyl (C=O) groups is 3. The Hall–Kier alpha value is -6.06. The van der Waals surface area contributed by atoms with E-state index in [9.17, 15) is 51.8 Å². The van der Waals surface area contributed by atoms with Crippen LogP contribution in [-0.2, 0) is 24.8 Å². The van der Waals surface area contributed by atoms with Gasteiger partial charge in [0.05, 0.1) is 50.6 Å². The van der Waals surface area contributed by atoms with Gasteiger partial charge in [0.25, 0.3) is 10.0 Å². The molecule has 16 nitrogen and oxygen atoms in total. The number of fused-ring (bicyclic) bond motifs is 1. The quantitative estimate of drug-likeness (QED) is 0.0929. The zero-order chi connectivity index (χ0) is 34.7. The third kappa shape index (κ3) is 7.78. The molecule has 1 amide bonds. The van der Waals surface area contributed by atoms with Gasteiger partial charge >= 0.3 is 11.9 Å². The summed E-state index contributed by atoms with van der Waals surface area (Å²) in [6.45, 7) is 1.59. The molecule has 0 aliphatic rings. The molecule has 0 saturated heterocycles. The number of hydrogen-bond donors (Lipinski definition) is 6. The van der Waals surface area contributed by atoms with Gasteiger partial charge in [0, 0.05) is 17.2 Å². The molecule has 0 spiro atoms. The molecule has 4 aromatic rings. The molecular formula is C29H24N6O10S2. The minimum absolute atomic E-state index is 0.0219. The summed E-state index contributed by atoms with van der Waals surface area (Å²) in [6, 6.07) is 13.2. The van der Waals surface area contributed by atoms with Crippen molar-refractivity contribution in [3.05, 3.63) is 77.4 Å². The number of phenolic OH excluding ortho intramolecular Hbond substituents is 1. The topological polar surface area (TPSA) is 265 Å². The molecule has 0 unspecified atom stereocenters. The van der Waals surface area contributed by atoms with Crippen molar-refractivity contribution >= 4 is 77.1 Å². The van der Waals surface area contributed by atoms with Crippen molar-refractivity contribution < 1.29 is 46.5 Å². The van der Waals surface area contributed by atoms with Crippen LogP contribution in [0.4, 0.5) is 28.4 Å². The molecule has 0 atom stereocenters. The molecule has 0 radical (unpaired) electrons. The summed E-state index contributed by atoms with van der Waals surface area (Å²) < 4.78 is 54.8. The SMILES string of the molecule is CCC(=O)Nc1cc(N=Nc2ccc(S(=O)(=O)Nc3cc(C(=O)O)cc(C(=O)O)c3)cc2C#N)c2c(NS(C)(=O)=O)cccc2c1O. The van der Waals surface area contributed by atoms with E-state index >= 15 is 0 Å². The smallest absolute Gasteiger partial charge is 0.335 e. The number of carbonyl (C=O) groups excluding carboxylic acids is 1. The van der Waals surface area contributed by atoms with Gasteiger partial charge in [-0.15, -0.1) is 10.2 Å². The van der Waals surface area contributed by atoms with Gasteiger partial charge < -0.3 is 20.6 Å². The summed E-state index contributed by atoms with van der Waals surface area (Å²) in [4.78, 5) is 34.5. The standard InChI is InChI=1S/C29H24N6O10S2/c1-3-25(36)31-24-13-23(26-20(27(24)37)5-4-6-22(26)35-46(2,42)43)33-32-21-8-7-19(12-17(21)14-30)47(44,45)34-18-10-15(28(38)39)9-16(11-18)29(40)41/h4-13,34-35,37H,3H2,1-2H3,(H,31,36)(H,38,39)(H,40,41). The number of amides is 1. The van der Waals surface area contributed by atoms with Crippen LogP contribution in [0.5, 0.6) is 5.75 Å². The lowest BCUT2D eigenvalue weighted by molar-refractivity contribution is -0.115. The van der Waals surface area contributed by atoms with Gasteiger partial charge in [0.2, 0.25) is 15.9 Å². The van der Waals surface area contributed by atoms with E-state index in [0.717, 1.165) is 42.7 Å². The van der Waals surface area contributed by atoms with Gasteiger partial charge in [-0.05, 0) is 48.5 Å². The number of carboxylic acids is 2. The van der Waals surface area contributed by atoms with Crippen molar-refractivity contribution in [1.29, 1.82) is 5.26 Å². The third-order valence-electron chi connectivity index (χ3n) is 6.35. The van der Waals surface area contributed by atoms with Crippen LogP contribution in [0.25, 0.3) is 10.8 Å². The van der Waals surface area contributed by atoms with Gasteiger partial charge in [0.1, 0.15) is 17.5 Å². The molecule has 0 aliphatic carbocycles. The molecule has 0 fully saturated rings. The highest BCUT2D eigenvalue weighted by Crippen LogP contribution is 2.43. The fourth-order valence-electron chi connectivity index (χ4n) is 4.26. The zero-order valence-electron chi connectivity index (χ0n) is 24.3. The maximum atomic E-state index is 13.1. The minimum Gasteiger partial charge on any atom is -0.505 e. The zero-order valence-corrected chi connectivity index (χ0v) is 26.0. The van der Waals surface area contributed by atoms with E-state index in [1.165, 1.54) is 24.3 Å². The number of carboxylic acid groups (broad SMARTS) is 2. The van der Waals surface area contributed by atoms with E-state index in [2.05, 4.69) is 25.0 Å². The highest BCUT2D eigenvalue weighted by Gasteiger charge is 2.21. The lowest BCUT2D eigenvalue weighted by Gasteiger charge is -2.15. The van der Waals surface area contributed by atoms with Crippen LogP contribution < -0.4 is 14.8 Å². The highest BCUT2D eigenvalue weighted by atomic mass is 32.2. The molecule has 242 valence electrons. The number of sulfonamides is 2. The Bertz CT molecular complexity index is 2230. The first kappa shape index (κ1) is 33.8. The van der Waals surface area contributed by atoms with Crippen LogP contribution in [0.3, 0.4) is 0 Å². The van der Waals surface area contributed by atoms with Crippen molar-refractivity contribution in [2.75, 3.05) is 21.0 Å². The van der Waals surface area contributed by atoms with E-state index in [1.807, 2.05) is 0 Å². The second-order valence-corrected chi connectivity index (χ2v) is 13.2. The number of aromatic hydroxyl groups is 1. The van der Waals surface area contributed by atoms with Crippen LogP contribution in [0.15, 0.2) is 75.8 Å². The molecule has 0 heterocycles. The highest BCUT2D eigenvalue weighted by molar-refractivity contribution is 7.92. The Morgan fingerprint density at radius 2 is 1.49 bits per heavy atom. The number of aromatic carboxylic acids is 2. The summed E-state index contributed by atoms with van der Waals surface area (Å²) in [5, 5.41) is 50.2. The summed E-state index contributed by atoms with van der Waals surface area (Å²) in [5.74, 6) is -3.80. The molecule has 47 heavy (non-hydrogen) atoms. The minimum atomic E-state index is -4.48. The Morgan fingerprint density at radius 3 is 2.06 bits per heavy atom. The first-order valence-corrected chi connectivity index (χ1v) is 16.6. The van der Waals surface area contributed by atoms with E-state index in [4.69, 9.17) is 0 Å². The van der Waals surface area contributed by atoms with Crippen LogP contribution >= 0.6 is 0 Å². The Kier molecular flexibility index (Phi) is 9.44. The lowest BCUT2D eigenvalue weighted by Crippen LogP contribution is -2.14. The van der Waals surface area contributed by atoms with Crippen molar-refractivity contribution in [1.82, 2.24) is 0 Å². The maximum Gasteiger partial charge on any atom is 0.335 e. The molecule has 0 aliphatic heterocycles. The van der Waals surface area contributed by atoms with Crippen molar-refractivity contribution in [2.45, 2.75) is 18.2 Å². The number of nitrogens with zero attached hydrogens (tertiary/aromatic N) is 3. The van der Waals surface area contributed by atoms with E-state index in [1.54, 1.807) is 13.0 Å². The average Bonchev–Trinajstić information content (AvgIpc) is 3.00. The molecule has 18 heteroatoms. The number of nitrogens with one attached hydrogen (secondary N) is 3. The number of azo groups is 1.